The molecule has 1 fully saturated rings. The van der Waals surface area contributed by atoms with Crippen LogP contribution in [-0.2, 0) is 16.1 Å². The van der Waals surface area contributed by atoms with Crippen molar-refractivity contribution in [1.29, 1.82) is 0 Å². The number of carbonyl (C=O) groups is 2. The van der Waals surface area contributed by atoms with E-state index in [1.165, 1.54) is 4.68 Å². The van der Waals surface area contributed by atoms with Gasteiger partial charge in [0.25, 0.3) is 11.5 Å². The summed E-state index contributed by atoms with van der Waals surface area (Å²) < 4.78 is 6.99. The van der Waals surface area contributed by atoms with E-state index in [1.807, 2.05) is 19.9 Å². The number of fused-ring (bicyclic) bond motifs is 1. The quantitative estimate of drug-likeness (QED) is 0.594. The molecular formula is C24H25N3O4. The normalized spacial score (nSPS) is 14.4. The van der Waals surface area contributed by atoms with Gasteiger partial charge in [-0.2, -0.15) is 5.10 Å². The Morgan fingerprint density at radius 2 is 1.71 bits per heavy atom. The molecule has 0 radical (unpaired) electrons. The molecule has 1 atom stereocenters. The van der Waals surface area contributed by atoms with Crippen LogP contribution in [0.1, 0.15) is 48.8 Å². The van der Waals surface area contributed by atoms with E-state index in [-0.39, 0.29) is 29.1 Å². The summed E-state index contributed by atoms with van der Waals surface area (Å²) in [4.78, 5) is 38.8. The van der Waals surface area contributed by atoms with E-state index in [9.17, 15) is 14.4 Å². The highest BCUT2D eigenvalue weighted by Crippen LogP contribution is 2.25. The molecule has 7 heteroatoms. The number of benzene rings is 2. The highest BCUT2D eigenvalue weighted by molar-refractivity contribution is 6.03. The molecule has 3 aromatic rings. The number of aromatic nitrogens is 2. The van der Waals surface area contributed by atoms with Crippen LogP contribution >= 0.6 is 0 Å². The summed E-state index contributed by atoms with van der Waals surface area (Å²) in [6.07, 6.45) is 0.751. The van der Waals surface area contributed by atoms with Gasteiger partial charge in [0.05, 0.1) is 5.39 Å². The minimum atomic E-state index is -1.10. The van der Waals surface area contributed by atoms with Crippen LogP contribution in [0.4, 0.5) is 0 Å². The Balaban J connectivity index is 1.72. The molecule has 0 aliphatic heterocycles. The Kier molecular flexibility index (Phi) is 5.84. The molecule has 31 heavy (non-hydrogen) atoms. The second kappa shape index (κ2) is 8.71. The molecule has 7 nitrogen and oxygen atoms in total. The van der Waals surface area contributed by atoms with Crippen LogP contribution in [-0.4, -0.2) is 27.7 Å². The molecule has 2 aromatic carbocycles. The fourth-order valence-corrected chi connectivity index (χ4v) is 3.42. The molecule has 1 amide bonds. The van der Waals surface area contributed by atoms with Gasteiger partial charge in [-0.3, -0.25) is 9.59 Å². The Bertz CT molecular complexity index is 1170. The summed E-state index contributed by atoms with van der Waals surface area (Å²) in [6, 6.07) is 15.8. The second-order valence-electron chi connectivity index (χ2n) is 8.25. The smallest absolute Gasteiger partial charge is 0.360 e. The fraction of sp³-hybridized carbons (Fsp3) is 0.333. The Labute approximate surface area is 180 Å². The average Bonchev–Trinajstić information content (AvgIpc) is 3.58. The Morgan fingerprint density at radius 1 is 1.06 bits per heavy atom. The third-order valence-corrected chi connectivity index (χ3v) is 5.09. The summed E-state index contributed by atoms with van der Waals surface area (Å²) in [6.45, 7) is 4.30. The summed E-state index contributed by atoms with van der Waals surface area (Å²) in [5.74, 6) is -0.938. The van der Waals surface area contributed by atoms with Crippen molar-refractivity contribution in [2.24, 2.45) is 5.92 Å². The first-order valence-electron chi connectivity index (χ1n) is 10.5. The molecule has 1 aliphatic carbocycles. The van der Waals surface area contributed by atoms with Crippen molar-refractivity contribution in [2.75, 3.05) is 0 Å². The van der Waals surface area contributed by atoms with Crippen molar-refractivity contribution in [3.8, 4) is 0 Å². The third kappa shape index (κ3) is 4.66. The van der Waals surface area contributed by atoms with Gasteiger partial charge in [0.15, 0.2) is 5.69 Å². The maximum atomic E-state index is 13.2. The van der Waals surface area contributed by atoms with E-state index in [2.05, 4.69) is 10.4 Å². The number of nitrogens with one attached hydrogen (secondary N) is 1. The van der Waals surface area contributed by atoms with Crippen molar-refractivity contribution < 1.29 is 14.3 Å². The molecule has 1 heterocycles. The van der Waals surface area contributed by atoms with E-state index < -0.39 is 12.1 Å². The molecule has 0 saturated heterocycles. The molecule has 0 spiro atoms. The predicted octanol–water partition coefficient (Wildman–Crippen LogP) is 3.23. The largest absolute Gasteiger partial charge is 0.442 e. The van der Waals surface area contributed by atoms with Crippen LogP contribution in [0.15, 0.2) is 59.4 Å². The molecule has 0 bridgehead atoms. The van der Waals surface area contributed by atoms with Crippen LogP contribution in [0.3, 0.4) is 0 Å². The van der Waals surface area contributed by atoms with Gasteiger partial charge in [-0.05, 0) is 24.8 Å². The van der Waals surface area contributed by atoms with Crippen LogP contribution in [0.25, 0.3) is 10.8 Å². The van der Waals surface area contributed by atoms with E-state index in [1.54, 1.807) is 48.5 Å². The summed E-state index contributed by atoms with van der Waals surface area (Å²) in [5.41, 5.74) is 0.344. The monoisotopic (exact) mass is 419 g/mol. The standard InChI is InChI=1S/C24H25N3O4/c1-15(2)14-27-23(29)19-11-7-6-10-18(19)20(26-27)24(30)31-21(16-8-4-3-5-9-16)22(28)25-17-12-13-17/h3-11,15,17,21H,12-14H2,1-2H3,(H,25,28)/t21-/m1/s1. The molecule has 160 valence electrons. The fourth-order valence-electron chi connectivity index (χ4n) is 3.42. The van der Waals surface area contributed by atoms with Crippen molar-refractivity contribution in [1.82, 2.24) is 15.1 Å². The lowest BCUT2D eigenvalue weighted by atomic mass is 10.1. The van der Waals surface area contributed by atoms with Crippen LogP contribution < -0.4 is 10.9 Å². The summed E-state index contributed by atoms with van der Waals surface area (Å²) >= 11 is 0. The molecule has 1 saturated carbocycles. The first kappa shape index (κ1) is 20.8. The molecule has 4 rings (SSSR count). The van der Waals surface area contributed by atoms with Gasteiger partial charge >= 0.3 is 5.97 Å². The average molecular weight is 419 g/mol. The van der Waals surface area contributed by atoms with Gasteiger partial charge in [0.1, 0.15) is 0 Å². The van der Waals surface area contributed by atoms with E-state index >= 15 is 0 Å². The number of nitrogens with zero attached hydrogens (tertiary/aromatic N) is 2. The first-order chi connectivity index (χ1) is 14.9. The number of hydrogen-bond donors (Lipinski definition) is 1. The maximum absolute atomic E-state index is 13.2. The van der Waals surface area contributed by atoms with Crippen LogP contribution in [0, 0.1) is 5.92 Å². The first-order valence-corrected chi connectivity index (χ1v) is 10.5. The molecule has 1 N–H and O–H groups in total. The lowest BCUT2D eigenvalue weighted by molar-refractivity contribution is -0.130. The van der Waals surface area contributed by atoms with E-state index in [0.717, 1.165) is 12.8 Å². The van der Waals surface area contributed by atoms with Gasteiger partial charge in [0.2, 0.25) is 6.10 Å². The molecule has 1 aromatic heterocycles. The molecular weight excluding hydrogens is 394 g/mol. The van der Waals surface area contributed by atoms with E-state index in [4.69, 9.17) is 4.74 Å². The Morgan fingerprint density at radius 3 is 2.35 bits per heavy atom. The van der Waals surface area contributed by atoms with Gasteiger partial charge in [-0.25, -0.2) is 9.48 Å². The van der Waals surface area contributed by atoms with Crippen LogP contribution in [0.5, 0.6) is 0 Å². The number of ether oxygens (including phenoxy) is 1. The number of amides is 1. The lowest BCUT2D eigenvalue weighted by Crippen LogP contribution is -2.34. The molecule has 1 aliphatic rings. The second-order valence-corrected chi connectivity index (χ2v) is 8.25. The zero-order valence-electron chi connectivity index (χ0n) is 17.6. The van der Waals surface area contributed by atoms with E-state index in [0.29, 0.717) is 22.9 Å². The predicted molar refractivity (Wildman–Crippen MR) is 117 cm³/mol. The van der Waals surface area contributed by atoms with Gasteiger partial charge < -0.3 is 10.1 Å². The minimum Gasteiger partial charge on any atom is -0.442 e. The highest BCUT2D eigenvalue weighted by Gasteiger charge is 2.32. The topological polar surface area (TPSA) is 90.3 Å². The van der Waals surface area contributed by atoms with Crippen molar-refractivity contribution in [2.45, 2.75) is 45.4 Å². The third-order valence-electron chi connectivity index (χ3n) is 5.09. The number of hydrogen-bond acceptors (Lipinski definition) is 5. The maximum Gasteiger partial charge on any atom is 0.360 e. The minimum absolute atomic E-state index is 0.0241. The zero-order valence-corrected chi connectivity index (χ0v) is 17.6. The molecule has 0 unspecified atom stereocenters. The van der Waals surface area contributed by atoms with Crippen LogP contribution in [0.2, 0.25) is 0 Å². The number of esters is 1. The van der Waals surface area contributed by atoms with Crippen molar-refractivity contribution >= 4 is 22.6 Å². The lowest BCUT2D eigenvalue weighted by Gasteiger charge is -2.19. The number of carbonyl (C=O) groups excluding carboxylic acids is 2. The Hall–Kier alpha value is -3.48. The van der Waals surface area contributed by atoms with Gasteiger partial charge in [-0.15, -0.1) is 0 Å². The van der Waals surface area contributed by atoms with Gasteiger partial charge in [-0.1, -0.05) is 62.4 Å². The highest BCUT2D eigenvalue weighted by atomic mass is 16.5. The summed E-state index contributed by atoms with van der Waals surface area (Å²) in [7, 11) is 0. The van der Waals surface area contributed by atoms with Crippen molar-refractivity contribution in [3.63, 3.8) is 0 Å². The van der Waals surface area contributed by atoms with Crippen molar-refractivity contribution in [3.05, 3.63) is 76.2 Å². The summed E-state index contributed by atoms with van der Waals surface area (Å²) in [5, 5.41) is 8.02. The van der Waals surface area contributed by atoms with Gasteiger partial charge in [0, 0.05) is 23.5 Å². The number of rotatable bonds is 7. The SMILES string of the molecule is CC(C)Cn1nc(C(=O)O[C@@H](C(=O)NC2CC2)c2ccccc2)c2ccccc2c1=O. The zero-order chi connectivity index (χ0) is 22.0.